The average molecular weight is 432 g/mol. The summed E-state index contributed by atoms with van der Waals surface area (Å²) < 4.78 is 1.01. The van der Waals surface area contributed by atoms with Gasteiger partial charge in [0.2, 0.25) is 0 Å². The number of aromatic nitrogens is 1. The molecule has 5 heteroatoms. The molecule has 0 unspecified atom stereocenters. The van der Waals surface area contributed by atoms with Crippen LogP contribution in [0.25, 0.3) is 32.8 Å². The molecule has 130 valence electrons. The number of nitrogens with zero attached hydrogens (tertiary/aromatic N) is 2. The van der Waals surface area contributed by atoms with Crippen LogP contribution in [-0.4, -0.2) is 4.98 Å². The Kier molecular flexibility index (Phi) is 4.76. The first-order valence-corrected chi connectivity index (χ1v) is 9.89. The number of rotatable bonds is 3. The largest absolute Gasteiger partial charge is 0.383 e. The maximum absolute atomic E-state index is 9.51. The normalized spacial score (nSPS) is 10.5. The molecular formula is C22H14BrN3S. The summed E-state index contributed by atoms with van der Waals surface area (Å²) in [7, 11) is 0. The van der Waals surface area contributed by atoms with Crippen LogP contribution < -0.4 is 5.73 Å². The van der Waals surface area contributed by atoms with Crippen molar-refractivity contribution in [2.45, 2.75) is 0 Å². The van der Waals surface area contributed by atoms with E-state index in [1.807, 2.05) is 48.5 Å². The molecule has 0 aliphatic carbocycles. The van der Waals surface area contributed by atoms with Crippen LogP contribution in [0.2, 0.25) is 0 Å². The van der Waals surface area contributed by atoms with Gasteiger partial charge in [0, 0.05) is 16.0 Å². The smallest absolute Gasteiger partial charge is 0.142 e. The van der Waals surface area contributed by atoms with Gasteiger partial charge in [-0.05, 0) is 45.3 Å². The van der Waals surface area contributed by atoms with Crippen molar-refractivity contribution in [1.82, 2.24) is 4.98 Å². The maximum atomic E-state index is 9.51. The Morgan fingerprint density at radius 2 is 1.56 bits per heavy atom. The summed E-state index contributed by atoms with van der Waals surface area (Å²) in [5, 5.41) is 9.51. The lowest BCUT2D eigenvalue weighted by atomic mass is 10.0. The van der Waals surface area contributed by atoms with E-state index in [1.54, 1.807) is 11.3 Å². The van der Waals surface area contributed by atoms with Crippen LogP contribution in [-0.2, 0) is 0 Å². The Labute approximate surface area is 169 Å². The molecule has 0 bridgehead atoms. The Bertz CT molecular complexity index is 1140. The minimum Gasteiger partial charge on any atom is -0.383 e. The van der Waals surface area contributed by atoms with Crippen molar-refractivity contribution in [1.29, 1.82) is 5.26 Å². The highest BCUT2D eigenvalue weighted by Crippen LogP contribution is 2.37. The van der Waals surface area contributed by atoms with Gasteiger partial charge in [0.1, 0.15) is 17.5 Å². The number of anilines is 1. The summed E-state index contributed by atoms with van der Waals surface area (Å²) in [6, 6.07) is 26.5. The third-order valence-electron chi connectivity index (χ3n) is 4.29. The molecule has 0 fully saturated rings. The predicted octanol–water partition coefficient (Wildman–Crippen LogP) is 6.36. The van der Waals surface area contributed by atoms with Crippen molar-refractivity contribution in [2.24, 2.45) is 0 Å². The SMILES string of the molecule is N#Cc1c(-c2ccc(Br)s2)cc(-c2ccc(-c3ccccc3)cc2)nc1N. The van der Waals surface area contributed by atoms with E-state index in [0.29, 0.717) is 5.56 Å². The third-order valence-corrected chi connectivity index (χ3v) is 5.94. The lowest BCUT2D eigenvalue weighted by Crippen LogP contribution is -1.99. The van der Waals surface area contributed by atoms with Crippen LogP contribution in [0.1, 0.15) is 5.56 Å². The molecule has 0 spiro atoms. The van der Waals surface area contributed by atoms with E-state index >= 15 is 0 Å². The van der Waals surface area contributed by atoms with Gasteiger partial charge in [-0.3, -0.25) is 0 Å². The van der Waals surface area contributed by atoms with Crippen molar-refractivity contribution in [3.8, 4) is 38.9 Å². The summed E-state index contributed by atoms with van der Waals surface area (Å²) in [5.41, 5.74) is 11.3. The minimum absolute atomic E-state index is 0.252. The number of nitriles is 1. The molecule has 0 saturated heterocycles. The second kappa shape index (κ2) is 7.36. The fraction of sp³-hybridized carbons (Fsp3) is 0. The fourth-order valence-corrected chi connectivity index (χ4v) is 4.36. The van der Waals surface area contributed by atoms with Crippen LogP contribution in [0, 0.1) is 11.3 Å². The number of nitrogens with two attached hydrogens (primary N) is 1. The molecule has 27 heavy (non-hydrogen) atoms. The maximum Gasteiger partial charge on any atom is 0.142 e. The van der Waals surface area contributed by atoms with Gasteiger partial charge in [-0.1, -0.05) is 54.6 Å². The van der Waals surface area contributed by atoms with Crippen LogP contribution in [0.15, 0.2) is 76.6 Å². The van der Waals surface area contributed by atoms with E-state index in [-0.39, 0.29) is 5.82 Å². The number of hydrogen-bond acceptors (Lipinski definition) is 4. The van der Waals surface area contributed by atoms with Gasteiger partial charge in [-0.2, -0.15) is 5.26 Å². The van der Waals surface area contributed by atoms with Gasteiger partial charge in [0.25, 0.3) is 0 Å². The van der Waals surface area contributed by atoms with Gasteiger partial charge >= 0.3 is 0 Å². The number of hydrogen-bond donors (Lipinski definition) is 1. The van der Waals surface area contributed by atoms with Crippen LogP contribution in [0.3, 0.4) is 0 Å². The lowest BCUT2D eigenvalue weighted by Gasteiger charge is -2.09. The molecule has 0 atom stereocenters. The number of nitrogen functional groups attached to an aromatic ring is 1. The monoisotopic (exact) mass is 431 g/mol. The first-order chi connectivity index (χ1) is 13.2. The molecule has 2 aromatic carbocycles. The molecule has 2 heterocycles. The van der Waals surface area contributed by atoms with E-state index in [0.717, 1.165) is 31.0 Å². The molecule has 0 aliphatic rings. The summed E-state index contributed by atoms with van der Waals surface area (Å²) in [6.45, 7) is 0. The van der Waals surface area contributed by atoms with E-state index < -0.39 is 0 Å². The predicted molar refractivity (Wildman–Crippen MR) is 115 cm³/mol. The third kappa shape index (κ3) is 3.50. The molecule has 0 saturated carbocycles. The zero-order valence-electron chi connectivity index (χ0n) is 14.2. The number of pyridine rings is 1. The number of halogens is 1. The molecule has 2 aromatic heterocycles. The van der Waals surface area contributed by atoms with Crippen molar-refractivity contribution in [3.63, 3.8) is 0 Å². The summed E-state index contributed by atoms with van der Waals surface area (Å²) in [4.78, 5) is 5.44. The topological polar surface area (TPSA) is 62.7 Å². The first-order valence-electron chi connectivity index (χ1n) is 8.28. The Morgan fingerprint density at radius 3 is 2.19 bits per heavy atom. The molecule has 0 radical (unpaired) electrons. The molecule has 3 nitrogen and oxygen atoms in total. The van der Waals surface area contributed by atoms with E-state index in [9.17, 15) is 5.26 Å². The highest BCUT2D eigenvalue weighted by atomic mass is 79.9. The summed E-state index contributed by atoms with van der Waals surface area (Å²) >= 11 is 5.04. The second-order valence-electron chi connectivity index (χ2n) is 5.97. The van der Waals surface area contributed by atoms with Crippen LogP contribution >= 0.6 is 27.3 Å². The molecule has 0 amide bonds. The molecule has 4 rings (SSSR count). The molecule has 2 N–H and O–H groups in total. The lowest BCUT2D eigenvalue weighted by molar-refractivity contribution is 1.31. The molecule has 4 aromatic rings. The van der Waals surface area contributed by atoms with Gasteiger partial charge in [-0.25, -0.2) is 4.98 Å². The van der Waals surface area contributed by atoms with Gasteiger partial charge < -0.3 is 5.73 Å². The Morgan fingerprint density at radius 1 is 0.889 bits per heavy atom. The highest BCUT2D eigenvalue weighted by Gasteiger charge is 2.15. The number of benzene rings is 2. The summed E-state index contributed by atoms with van der Waals surface area (Å²) in [5.74, 6) is 0.252. The van der Waals surface area contributed by atoms with E-state index in [4.69, 9.17) is 5.73 Å². The standard InChI is InChI=1S/C22H14BrN3S/c23-21-11-10-20(27-21)17-12-19(26-22(25)18(17)13-24)16-8-6-15(7-9-16)14-4-2-1-3-5-14/h1-12H,(H2,25,26). The van der Waals surface area contributed by atoms with Crippen molar-refractivity contribution >= 4 is 33.1 Å². The highest BCUT2D eigenvalue weighted by molar-refractivity contribution is 9.11. The minimum atomic E-state index is 0.252. The van der Waals surface area contributed by atoms with E-state index in [1.165, 1.54) is 5.56 Å². The van der Waals surface area contributed by atoms with Gasteiger partial charge in [0.15, 0.2) is 0 Å². The average Bonchev–Trinajstić information content (AvgIpc) is 3.14. The van der Waals surface area contributed by atoms with Crippen molar-refractivity contribution in [2.75, 3.05) is 5.73 Å². The number of thiophene rings is 1. The zero-order valence-corrected chi connectivity index (χ0v) is 16.6. The van der Waals surface area contributed by atoms with Gasteiger partial charge in [-0.15, -0.1) is 11.3 Å². The quantitative estimate of drug-likeness (QED) is 0.410. The van der Waals surface area contributed by atoms with Crippen LogP contribution in [0.4, 0.5) is 5.82 Å². The zero-order chi connectivity index (χ0) is 18.8. The van der Waals surface area contributed by atoms with E-state index in [2.05, 4.69) is 51.2 Å². The van der Waals surface area contributed by atoms with Crippen molar-refractivity contribution < 1.29 is 0 Å². The fourth-order valence-electron chi connectivity index (χ4n) is 2.95. The van der Waals surface area contributed by atoms with Crippen molar-refractivity contribution in [3.05, 3.63) is 82.1 Å². The Hall–Kier alpha value is -2.94. The first kappa shape index (κ1) is 17.5. The Balaban J connectivity index is 1.78. The molecule has 0 aliphatic heterocycles. The second-order valence-corrected chi connectivity index (χ2v) is 8.44. The van der Waals surface area contributed by atoms with Crippen LogP contribution in [0.5, 0.6) is 0 Å². The summed E-state index contributed by atoms with van der Waals surface area (Å²) in [6.07, 6.45) is 0. The molecular weight excluding hydrogens is 418 g/mol. The van der Waals surface area contributed by atoms with Gasteiger partial charge in [0.05, 0.1) is 9.48 Å².